The number of nitrogens with one attached hydrogen (secondary N) is 1. The summed E-state index contributed by atoms with van der Waals surface area (Å²) in [5, 5.41) is 3.19. The molecule has 1 atom stereocenters. The van der Waals surface area contributed by atoms with Crippen molar-refractivity contribution in [3.05, 3.63) is 57.4 Å². The second-order valence-electron chi connectivity index (χ2n) is 4.66. The molecule has 1 aromatic carbocycles. The number of aromatic nitrogens is 1. The van der Waals surface area contributed by atoms with Crippen LogP contribution in [0.5, 0.6) is 5.75 Å². The Labute approximate surface area is 133 Å². The quantitative estimate of drug-likeness (QED) is 0.611. The maximum atomic E-state index is 6.25. The SMILES string of the molecule is CNCCC(Oc1c(C)ccnc1I)c1ccccc1. The van der Waals surface area contributed by atoms with Crippen LogP contribution in [0.1, 0.15) is 23.7 Å². The van der Waals surface area contributed by atoms with Gasteiger partial charge in [0.1, 0.15) is 9.80 Å². The summed E-state index contributed by atoms with van der Waals surface area (Å²) in [6.07, 6.45) is 2.78. The van der Waals surface area contributed by atoms with Gasteiger partial charge in [-0.05, 0) is 60.3 Å². The Morgan fingerprint density at radius 3 is 2.65 bits per heavy atom. The van der Waals surface area contributed by atoms with Crippen molar-refractivity contribution in [2.45, 2.75) is 19.4 Å². The van der Waals surface area contributed by atoms with E-state index in [4.69, 9.17) is 4.74 Å². The number of ether oxygens (including phenoxy) is 1. The van der Waals surface area contributed by atoms with Gasteiger partial charge in [-0.3, -0.25) is 0 Å². The summed E-state index contributed by atoms with van der Waals surface area (Å²) in [5.41, 5.74) is 2.32. The zero-order chi connectivity index (χ0) is 14.4. The number of benzene rings is 1. The van der Waals surface area contributed by atoms with Crippen LogP contribution in [0.25, 0.3) is 0 Å². The van der Waals surface area contributed by atoms with Crippen LogP contribution < -0.4 is 10.1 Å². The van der Waals surface area contributed by atoms with E-state index in [2.05, 4.69) is 51.9 Å². The Morgan fingerprint density at radius 1 is 1.25 bits per heavy atom. The molecule has 1 aromatic heterocycles. The molecule has 0 fully saturated rings. The summed E-state index contributed by atoms with van der Waals surface area (Å²) in [6, 6.07) is 12.3. The van der Waals surface area contributed by atoms with Crippen LogP contribution in [-0.4, -0.2) is 18.6 Å². The summed E-state index contributed by atoms with van der Waals surface area (Å²) in [5.74, 6) is 0.887. The van der Waals surface area contributed by atoms with Gasteiger partial charge in [-0.15, -0.1) is 0 Å². The lowest BCUT2D eigenvalue weighted by Gasteiger charge is -2.21. The first-order valence-electron chi connectivity index (χ1n) is 6.69. The molecule has 0 aliphatic heterocycles. The van der Waals surface area contributed by atoms with E-state index in [1.165, 1.54) is 5.56 Å². The van der Waals surface area contributed by atoms with Gasteiger partial charge < -0.3 is 10.1 Å². The minimum absolute atomic E-state index is 0.0417. The fourth-order valence-electron chi connectivity index (χ4n) is 2.03. The van der Waals surface area contributed by atoms with Gasteiger partial charge in [0.25, 0.3) is 0 Å². The maximum absolute atomic E-state index is 6.25. The number of hydrogen-bond acceptors (Lipinski definition) is 3. The fraction of sp³-hybridized carbons (Fsp3) is 0.312. The van der Waals surface area contributed by atoms with Crippen molar-refractivity contribution in [1.82, 2.24) is 10.3 Å². The predicted molar refractivity (Wildman–Crippen MR) is 90.0 cm³/mol. The zero-order valence-electron chi connectivity index (χ0n) is 11.8. The van der Waals surface area contributed by atoms with Gasteiger partial charge in [0, 0.05) is 12.6 Å². The smallest absolute Gasteiger partial charge is 0.154 e. The normalized spacial score (nSPS) is 12.2. The number of pyridine rings is 1. The molecule has 0 radical (unpaired) electrons. The lowest BCUT2D eigenvalue weighted by molar-refractivity contribution is 0.191. The van der Waals surface area contributed by atoms with Crippen LogP contribution in [0.3, 0.4) is 0 Å². The molecule has 0 saturated carbocycles. The van der Waals surface area contributed by atoms with Gasteiger partial charge in [0.05, 0.1) is 0 Å². The van der Waals surface area contributed by atoms with Gasteiger partial charge in [-0.2, -0.15) is 0 Å². The van der Waals surface area contributed by atoms with Crippen LogP contribution in [0.2, 0.25) is 0 Å². The molecule has 3 nitrogen and oxygen atoms in total. The van der Waals surface area contributed by atoms with Gasteiger partial charge >= 0.3 is 0 Å². The average molecular weight is 382 g/mol. The maximum Gasteiger partial charge on any atom is 0.154 e. The fourth-order valence-corrected chi connectivity index (χ4v) is 2.75. The van der Waals surface area contributed by atoms with E-state index in [-0.39, 0.29) is 6.10 Å². The van der Waals surface area contributed by atoms with E-state index < -0.39 is 0 Å². The third-order valence-corrected chi connectivity index (χ3v) is 3.91. The average Bonchev–Trinajstić information content (AvgIpc) is 2.47. The van der Waals surface area contributed by atoms with Crippen molar-refractivity contribution in [2.75, 3.05) is 13.6 Å². The number of rotatable bonds is 6. The standard InChI is InChI=1S/C16H19IN2O/c1-12-8-11-19-16(17)15(12)20-14(9-10-18-2)13-6-4-3-5-7-13/h3-8,11,14,18H,9-10H2,1-2H3. The highest BCUT2D eigenvalue weighted by molar-refractivity contribution is 14.1. The molecule has 1 unspecified atom stereocenters. The highest BCUT2D eigenvalue weighted by Crippen LogP contribution is 2.30. The number of nitrogens with zero attached hydrogens (tertiary/aromatic N) is 1. The van der Waals surface area contributed by atoms with Crippen LogP contribution in [0.4, 0.5) is 0 Å². The van der Waals surface area contributed by atoms with Crippen LogP contribution >= 0.6 is 22.6 Å². The lowest BCUT2D eigenvalue weighted by atomic mass is 10.1. The summed E-state index contributed by atoms with van der Waals surface area (Å²) < 4.78 is 7.16. The van der Waals surface area contributed by atoms with Crippen molar-refractivity contribution < 1.29 is 4.74 Å². The molecular formula is C16H19IN2O. The molecule has 2 rings (SSSR count). The molecule has 4 heteroatoms. The summed E-state index contributed by atoms with van der Waals surface area (Å²) >= 11 is 2.22. The van der Waals surface area contributed by atoms with Crippen molar-refractivity contribution in [3.8, 4) is 5.75 Å². The third-order valence-electron chi connectivity index (χ3n) is 3.15. The molecule has 0 saturated heterocycles. The van der Waals surface area contributed by atoms with E-state index in [0.29, 0.717) is 0 Å². The first-order chi connectivity index (χ1) is 9.72. The first-order valence-corrected chi connectivity index (χ1v) is 7.77. The first kappa shape index (κ1) is 15.3. The van der Waals surface area contributed by atoms with E-state index in [1.54, 1.807) is 0 Å². The van der Waals surface area contributed by atoms with Crippen molar-refractivity contribution in [2.24, 2.45) is 0 Å². The molecule has 1 heterocycles. The molecule has 0 aliphatic carbocycles. The summed E-state index contributed by atoms with van der Waals surface area (Å²) in [6.45, 7) is 2.97. The van der Waals surface area contributed by atoms with Crippen LogP contribution in [0.15, 0.2) is 42.6 Å². The largest absolute Gasteiger partial charge is 0.483 e. The molecule has 20 heavy (non-hydrogen) atoms. The Bertz CT molecular complexity index is 525. The van der Waals surface area contributed by atoms with Crippen molar-refractivity contribution in [3.63, 3.8) is 0 Å². The monoisotopic (exact) mass is 382 g/mol. The number of aryl methyl sites for hydroxylation is 1. The molecule has 0 aliphatic rings. The molecule has 0 amide bonds. The third kappa shape index (κ3) is 3.93. The predicted octanol–water partition coefficient (Wildman–Crippen LogP) is 3.72. The lowest BCUT2D eigenvalue weighted by Crippen LogP contribution is -2.17. The zero-order valence-corrected chi connectivity index (χ0v) is 13.9. The molecule has 0 bridgehead atoms. The minimum Gasteiger partial charge on any atom is -0.483 e. The van der Waals surface area contributed by atoms with Gasteiger partial charge in [0.2, 0.25) is 0 Å². The molecular weight excluding hydrogens is 363 g/mol. The van der Waals surface area contributed by atoms with E-state index in [0.717, 1.165) is 28.0 Å². The Balaban J connectivity index is 2.24. The summed E-state index contributed by atoms with van der Waals surface area (Å²) in [4.78, 5) is 4.31. The van der Waals surface area contributed by atoms with Gasteiger partial charge in [-0.25, -0.2) is 4.98 Å². The number of halogens is 1. The van der Waals surface area contributed by atoms with Crippen LogP contribution in [0, 0.1) is 10.6 Å². The highest BCUT2D eigenvalue weighted by Gasteiger charge is 2.16. The molecule has 2 aromatic rings. The van der Waals surface area contributed by atoms with E-state index >= 15 is 0 Å². The second kappa shape index (κ2) is 7.59. The summed E-state index contributed by atoms with van der Waals surface area (Å²) in [7, 11) is 1.96. The van der Waals surface area contributed by atoms with Gasteiger partial charge in [-0.1, -0.05) is 30.3 Å². The Kier molecular flexibility index (Phi) is 5.79. The second-order valence-corrected chi connectivity index (χ2v) is 5.68. The Morgan fingerprint density at radius 2 is 2.00 bits per heavy atom. The van der Waals surface area contributed by atoms with Crippen molar-refractivity contribution >= 4 is 22.6 Å². The van der Waals surface area contributed by atoms with Crippen LogP contribution in [-0.2, 0) is 0 Å². The molecule has 0 spiro atoms. The van der Waals surface area contributed by atoms with E-state index in [9.17, 15) is 0 Å². The van der Waals surface area contributed by atoms with E-state index in [1.807, 2.05) is 37.5 Å². The molecule has 106 valence electrons. The molecule has 1 N–H and O–H groups in total. The minimum atomic E-state index is 0.0417. The van der Waals surface area contributed by atoms with Crippen molar-refractivity contribution in [1.29, 1.82) is 0 Å². The number of hydrogen-bond donors (Lipinski definition) is 1. The van der Waals surface area contributed by atoms with Gasteiger partial charge in [0.15, 0.2) is 5.75 Å². The highest BCUT2D eigenvalue weighted by atomic mass is 127. The topological polar surface area (TPSA) is 34.1 Å². The Hall–Kier alpha value is -1.14.